The molecule has 2 rings (SSSR count). The molecule has 2 unspecified atom stereocenters. The zero-order chi connectivity index (χ0) is 13.5. The first kappa shape index (κ1) is 14.2. The standard InChI is InChI=1S/C16H25NO2/c1-3-18-14-7-5-8-15(12-14)19-11-10-13-6-4-9-16(13)17-2/h5,7-8,12-13,16-17H,3-4,6,9-11H2,1-2H3. The zero-order valence-corrected chi connectivity index (χ0v) is 12.0. The molecule has 3 heteroatoms. The summed E-state index contributed by atoms with van der Waals surface area (Å²) in [4.78, 5) is 0. The van der Waals surface area contributed by atoms with Crippen LogP contribution < -0.4 is 14.8 Å². The molecule has 1 aliphatic rings. The molecule has 1 fully saturated rings. The van der Waals surface area contributed by atoms with Crippen molar-refractivity contribution in [1.82, 2.24) is 5.32 Å². The van der Waals surface area contributed by atoms with E-state index in [1.807, 2.05) is 31.2 Å². The largest absolute Gasteiger partial charge is 0.494 e. The maximum absolute atomic E-state index is 5.84. The molecule has 1 N–H and O–H groups in total. The molecule has 106 valence electrons. The summed E-state index contributed by atoms with van der Waals surface area (Å²) >= 11 is 0. The molecule has 0 saturated heterocycles. The summed E-state index contributed by atoms with van der Waals surface area (Å²) in [7, 11) is 2.06. The average Bonchev–Trinajstić information content (AvgIpc) is 2.87. The van der Waals surface area contributed by atoms with Gasteiger partial charge in [-0.3, -0.25) is 0 Å². The smallest absolute Gasteiger partial charge is 0.122 e. The summed E-state index contributed by atoms with van der Waals surface area (Å²) in [6, 6.07) is 8.58. The van der Waals surface area contributed by atoms with E-state index in [9.17, 15) is 0 Å². The first-order valence-electron chi connectivity index (χ1n) is 7.36. The van der Waals surface area contributed by atoms with Crippen LogP contribution in [0, 0.1) is 5.92 Å². The molecule has 3 nitrogen and oxygen atoms in total. The van der Waals surface area contributed by atoms with Crippen molar-refractivity contribution >= 4 is 0 Å². The van der Waals surface area contributed by atoms with Gasteiger partial charge < -0.3 is 14.8 Å². The predicted molar refractivity (Wildman–Crippen MR) is 77.9 cm³/mol. The molecule has 0 spiro atoms. The van der Waals surface area contributed by atoms with Gasteiger partial charge in [0.15, 0.2) is 0 Å². The summed E-state index contributed by atoms with van der Waals surface area (Å²) in [6.07, 6.45) is 5.11. The van der Waals surface area contributed by atoms with Crippen LogP contribution in [0.4, 0.5) is 0 Å². The van der Waals surface area contributed by atoms with E-state index in [4.69, 9.17) is 9.47 Å². The Morgan fingerprint density at radius 3 is 2.74 bits per heavy atom. The summed E-state index contributed by atoms with van der Waals surface area (Å²) in [5.41, 5.74) is 0. The Morgan fingerprint density at radius 1 is 1.21 bits per heavy atom. The topological polar surface area (TPSA) is 30.5 Å². The van der Waals surface area contributed by atoms with Gasteiger partial charge in [0, 0.05) is 12.1 Å². The van der Waals surface area contributed by atoms with Crippen molar-refractivity contribution in [3.63, 3.8) is 0 Å². The first-order valence-corrected chi connectivity index (χ1v) is 7.36. The highest BCUT2D eigenvalue weighted by Crippen LogP contribution is 2.28. The molecule has 0 aromatic heterocycles. The van der Waals surface area contributed by atoms with Gasteiger partial charge in [0.25, 0.3) is 0 Å². The molecular weight excluding hydrogens is 238 g/mol. The van der Waals surface area contributed by atoms with Gasteiger partial charge in [-0.2, -0.15) is 0 Å². The van der Waals surface area contributed by atoms with Crippen LogP contribution >= 0.6 is 0 Å². The Kier molecular flexibility index (Phi) is 5.52. The van der Waals surface area contributed by atoms with E-state index >= 15 is 0 Å². The molecule has 0 bridgehead atoms. The van der Waals surface area contributed by atoms with Crippen molar-refractivity contribution in [2.75, 3.05) is 20.3 Å². The minimum Gasteiger partial charge on any atom is -0.494 e. The fourth-order valence-electron chi connectivity index (χ4n) is 2.91. The van der Waals surface area contributed by atoms with Crippen LogP contribution in [-0.2, 0) is 0 Å². The fraction of sp³-hybridized carbons (Fsp3) is 0.625. The lowest BCUT2D eigenvalue weighted by Gasteiger charge is -2.19. The first-order chi connectivity index (χ1) is 9.33. The number of hydrogen-bond donors (Lipinski definition) is 1. The summed E-state index contributed by atoms with van der Waals surface area (Å²) in [6.45, 7) is 3.47. The van der Waals surface area contributed by atoms with Gasteiger partial charge in [0.1, 0.15) is 11.5 Å². The normalized spacial score (nSPS) is 22.4. The molecule has 2 atom stereocenters. The van der Waals surface area contributed by atoms with Crippen molar-refractivity contribution in [2.45, 2.75) is 38.6 Å². The Balaban J connectivity index is 1.77. The van der Waals surface area contributed by atoms with Crippen LogP contribution in [0.3, 0.4) is 0 Å². The third-order valence-corrected chi connectivity index (χ3v) is 3.90. The van der Waals surface area contributed by atoms with Crippen molar-refractivity contribution in [3.05, 3.63) is 24.3 Å². The van der Waals surface area contributed by atoms with E-state index < -0.39 is 0 Å². The van der Waals surface area contributed by atoms with E-state index in [0.29, 0.717) is 12.6 Å². The molecule has 1 saturated carbocycles. The maximum atomic E-state index is 5.84. The van der Waals surface area contributed by atoms with E-state index in [-0.39, 0.29) is 0 Å². The SMILES string of the molecule is CCOc1cccc(OCCC2CCCC2NC)c1. The number of hydrogen-bond acceptors (Lipinski definition) is 3. The highest BCUT2D eigenvalue weighted by Gasteiger charge is 2.25. The van der Waals surface area contributed by atoms with Crippen LogP contribution in [0.1, 0.15) is 32.6 Å². The zero-order valence-electron chi connectivity index (χ0n) is 12.0. The van der Waals surface area contributed by atoms with Crippen LogP contribution in [-0.4, -0.2) is 26.3 Å². The Morgan fingerprint density at radius 2 is 2.00 bits per heavy atom. The lowest BCUT2D eigenvalue weighted by atomic mass is 10.0. The van der Waals surface area contributed by atoms with Crippen molar-refractivity contribution in [3.8, 4) is 11.5 Å². The van der Waals surface area contributed by atoms with Gasteiger partial charge in [-0.05, 0) is 51.3 Å². The van der Waals surface area contributed by atoms with E-state index in [2.05, 4.69) is 12.4 Å². The van der Waals surface area contributed by atoms with Crippen LogP contribution in [0.15, 0.2) is 24.3 Å². The lowest BCUT2D eigenvalue weighted by Crippen LogP contribution is -2.29. The lowest BCUT2D eigenvalue weighted by molar-refractivity contribution is 0.261. The van der Waals surface area contributed by atoms with E-state index in [1.54, 1.807) is 0 Å². The number of nitrogens with one attached hydrogen (secondary N) is 1. The minimum atomic E-state index is 0.679. The second-order valence-electron chi connectivity index (χ2n) is 5.13. The number of ether oxygens (including phenoxy) is 2. The monoisotopic (exact) mass is 263 g/mol. The third kappa shape index (κ3) is 4.13. The molecule has 1 aromatic rings. The Labute approximate surface area is 116 Å². The second-order valence-corrected chi connectivity index (χ2v) is 5.13. The maximum Gasteiger partial charge on any atom is 0.122 e. The van der Waals surface area contributed by atoms with Crippen molar-refractivity contribution in [1.29, 1.82) is 0 Å². The van der Waals surface area contributed by atoms with Gasteiger partial charge >= 0.3 is 0 Å². The van der Waals surface area contributed by atoms with Crippen LogP contribution in [0.2, 0.25) is 0 Å². The molecule has 19 heavy (non-hydrogen) atoms. The predicted octanol–water partition coefficient (Wildman–Crippen LogP) is 3.24. The van der Waals surface area contributed by atoms with Gasteiger partial charge in [-0.1, -0.05) is 12.5 Å². The van der Waals surface area contributed by atoms with Gasteiger partial charge in [0.2, 0.25) is 0 Å². The van der Waals surface area contributed by atoms with Gasteiger partial charge in [0.05, 0.1) is 13.2 Å². The van der Waals surface area contributed by atoms with Crippen molar-refractivity contribution in [2.24, 2.45) is 5.92 Å². The quantitative estimate of drug-likeness (QED) is 0.819. The molecule has 1 aromatic carbocycles. The summed E-state index contributed by atoms with van der Waals surface area (Å²) < 4.78 is 11.3. The second kappa shape index (κ2) is 7.39. The molecular formula is C16H25NO2. The molecule has 0 aliphatic heterocycles. The number of benzene rings is 1. The van der Waals surface area contributed by atoms with Crippen LogP contribution in [0.5, 0.6) is 11.5 Å². The molecule has 0 radical (unpaired) electrons. The average molecular weight is 263 g/mol. The molecule has 0 heterocycles. The Bertz CT molecular complexity index is 381. The van der Waals surface area contributed by atoms with E-state index in [0.717, 1.165) is 30.4 Å². The highest BCUT2D eigenvalue weighted by atomic mass is 16.5. The van der Waals surface area contributed by atoms with Crippen LogP contribution in [0.25, 0.3) is 0 Å². The fourth-order valence-corrected chi connectivity index (χ4v) is 2.91. The highest BCUT2D eigenvalue weighted by molar-refractivity contribution is 5.32. The van der Waals surface area contributed by atoms with Gasteiger partial charge in [-0.15, -0.1) is 0 Å². The number of rotatable bonds is 7. The summed E-state index contributed by atoms with van der Waals surface area (Å²) in [5, 5.41) is 3.41. The minimum absolute atomic E-state index is 0.679. The van der Waals surface area contributed by atoms with E-state index in [1.165, 1.54) is 19.3 Å². The summed E-state index contributed by atoms with van der Waals surface area (Å²) in [5.74, 6) is 2.55. The van der Waals surface area contributed by atoms with Gasteiger partial charge in [-0.25, -0.2) is 0 Å². The molecule has 0 amide bonds. The Hall–Kier alpha value is -1.22. The van der Waals surface area contributed by atoms with Crippen molar-refractivity contribution < 1.29 is 9.47 Å². The molecule has 1 aliphatic carbocycles. The third-order valence-electron chi connectivity index (χ3n) is 3.90.